The van der Waals surface area contributed by atoms with E-state index in [0.29, 0.717) is 17.9 Å². The minimum Gasteiger partial charge on any atom is -0.478 e. The average molecular weight is 259 g/mol. The molecule has 2 aromatic rings. The van der Waals surface area contributed by atoms with Gasteiger partial charge in [-0.2, -0.15) is 5.10 Å². The number of nitrogens with two attached hydrogens (primary N) is 1. The van der Waals surface area contributed by atoms with Crippen LogP contribution in [0.2, 0.25) is 0 Å². The largest absolute Gasteiger partial charge is 0.478 e. The Morgan fingerprint density at radius 3 is 2.58 bits per heavy atom. The average Bonchev–Trinajstić information content (AvgIpc) is 2.77. The van der Waals surface area contributed by atoms with Crippen molar-refractivity contribution >= 4 is 11.8 Å². The summed E-state index contributed by atoms with van der Waals surface area (Å²) < 4.78 is 1.78. The fourth-order valence-electron chi connectivity index (χ4n) is 1.89. The molecule has 1 aromatic carbocycles. The van der Waals surface area contributed by atoms with Crippen LogP contribution in [0.3, 0.4) is 0 Å². The smallest absolute Gasteiger partial charge is 0.335 e. The van der Waals surface area contributed by atoms with Gasteiger partial charge in [0.05, 0.1) is 11.3 Å². The van der Waals surface area contributed by atoms with Gasteiger partial charge in [0.25, 0.3) is 0 Å². The number of hydrogen-bond acceptors (Lipinski definition) is 3. The molecule has 5 nitrogen and oxygen atoms in total. The quantitative estimate of drug-likeness (QED) is 0.860. The van der Waals surface area contributed by atoms with Gasteiger partial charge in [-0.1, -0.05) is 19.1 Å². The zero-order chi connectivity index (χ0) is 13.8. The van der Waals surface area contributed by atoms with Crippen LogP contribution in [0, 0.1) is 0 Å². The molecule has 0 atom stereocenters. The Labute approximate surface area is 111 Å². The Bertz CT molecular complexity index is 573. The number of hydrogen-bond donors (Lipinski definition) is 2. The van der Waals surface area contributed by atoms with Crippen LogP contribution in [-0.2, 0) is 19.4 Å². The molecule has 0 saturated carbocycles. The van der Waals surface area contributed by atoms with Crippen LogP contribution in [0.15, 0.2) is 30.3 Å². The Morgan fingerprint density at radius 2 is 2.05 bits per heavy atom. The van der Waals surface area contributed by atoms with Crippen LogP contribution in [-0.4, -0.2) is 20.9 Å². The van der Waals surface area contributed by atoms with Crippen LogP contribution in [0.4, 0.5) is 5.82 Å². The molecule has 0 aliphatic carbocycles. The van der Waals surface area contributed by atoms with Gasteiger partial charge in [0.2, 0.25) is 0 Å². The first kappa shape index (κ1) is 13.1. The van der Waals surface area contributed by atoms with E-state index in [1.807, 2.05) is 25.1 Å². The normalized spacial score (nSPS) is 10.6. The second-order valence-electron chi connectivity index (χ2n) is 4.39. The Kier molecular flexibility index (Phi) is 3.85. The van der Waals surface area contributed by atoms with E-state index in [0.717, 1.165) is 24.1 Å². The van der Waals surface area contributed by atoms with Crippen molar-refractivity contribution in [1.29, 1.82) is 0 Å². The lowest BCUT2D eigenvalue weighted by atomic mass is 10.1. The third-order valence-electron chi connectivity index (χ3n) is 3.04. The molecule has 19 heavy (non-hydrogen) atoms. The maximum atomic E-state index is 10.7. The van der Waals surface area contributed by atoms with Crippen LogP contribution < -0.4 is 5.73 Å². The molecule has 3 N–H and O–H groups in total. The lowest BCUT2D eigenvalue weighted by molar-refractivity contribution is 0.0697. The van der Waals surface area contributed by atoms with E-state index in [1.54, 1.807) is 16.8 Å². The van der Waals surface area contributed by atoms with Crippen molar-refractivity contribution in [1.82, 2.24) is 9.78 Å². The Balaban J connectivity index is 2.01. The lowest BCUT2D eigenvalue weighted by Crippen LogP contribution is -2.07. The van der Waals surface area contributed by atoms with Gasteiger partial charge in [0.15, 0.2) is 0 Å². The second-order valence-corrected chi connectivity index (χ2v) is 4.39. The molecule has 0 spiro atoms. The molecule has 0 radical (unpaired) electrons. The molecule has 0 fully saturated rings. The number of nitrogens with zero attached hydrogens (tertiary/aromatic N) is 2. The number of aromatic nitrogens is 2. The molecule has 0 aliphatic rings. The van der Waals surface area contributed by atoms with Crippen molar-refractivity contribution in [3.05, 3.63) is 47.2 Å². The minimum absolute atomic E-state index is 0.302. The van der Waals surface area contributed by atoms with Crippen molar-refractivity contribution in [2.45, 2.75) is 26.3 Å². The van der Waals surface area contributed by atoms with Gasteiger partial charge in [-0.25, -0.2) is 9.48 Å². The van der Waals surface area contributed by atoms with E-state index in [2.05, 4.69) is 5.10 Å². The summed E-state index contributed by atoms with van der Waals surface area (Å²) in [6.45, 7) is 2.73. The molecule has 100 valence electrons. The fourth-order valence-corrected chi connectivity index (χ4v) is 1.89. The van der Waals surface area contributed by atoms with Crippen LogP contribution in [0.25, 0.3) is 0 Å². The maximum Gasteiger partial charge on any atom is 0.335 e. The van der Waals surface area contributed by atoms with E-state index in [4.69, 9.17) is 10.8 Å². The molecule has 0 unspecified atom stereocenters. The summed E-state index contributed by atoms with van der Waals surface area (Å²) in [5.74, 6) is -0.241. The highest BCUT2D eigenvalue weighted by Crippen LogP contribution is 2.10. The summed E-state index contributed by atoms with van der Waals surface area (Å²) in [6.07, 6.45) is 1.64. The molecule has 0 aliphatic heterocycles. The monoisotopic (exact) mass is 259 g/mol. The SMILES string of the molecule is CCc1cc(N)n(CCc2ccc(C(=O)O)cc2)n1. The summed E-state index contributed by atoms with van der Waals surface area (Å²) in [5.41, 5.74) is 8.22. The maximum absolute atomic E-state index is 10.7. The van der Waals surface area contributed by atoms with Crippen molar-refractivity contribution in [2.24, 2.45) is 0 Å². The van der Waals surface area contributed by atoms with Gasteiger partial charge in [-0.15, -0.1) is 0 Å². The van der Waals surface area contributed by atoms with Crippen LogP contribution in [0.1, 0.15) is 28.5 Å². The molecule has 5 heteroatoms. The zero-order valence-corrected chi connectivity index (χ0v) is 10.8. The van der Waals surface area contributed by atoms with Crippen LogP contribution in [0.5, 0.6) is 0 Å². The van der Waals surface area contributed by atoms with Crippen molar-refractivity contribution in [3.8, 4) is 0 Å². The summed E-state index contributed by atoms with van der Waals surface area (Å²) in [7, 11) is 0. The van der Waals surface area contributed by atoms with E-state index >= 15 is 0 Å². The Morgan fingerprint density at radius 1 is 1.37 bits per heavy atom. The minimum atomic E-state index is -0.907. The number of carbonyl (C=O) groups is 1. The summed E-state index contributed by atoms with van der Waals surface area (Å²) in [4.78, 5) is 10.7. The second kappa shape index (κ2) is 5.56. The van der Waals surface area contributed by atoms with Gasteiger partial charge in [-0.3, -0.25) is 0 Å². The van der Waals surface area contributed by atoms with E-state index in [-0.39, 0.29) is 0 Å². The predicted octanol–water partition coefficient (Wildman–Crippen LogP) is 1.97. The Hall–Kier alpha value is -2.30. The topological polar surface area (TPSA) is 81.1 Å². The number of carboxylic acids is 1. The first-order valence-electron chi connectivity index (χ1n) is 6.24. The zero-order valence-electron chi connectivity index (χ0n) is 10.8. The number of nitrogen functional groups attached to an aromatic ring is 1. The van der Waals surface area contributed by atoms with Gasteiger partial charge < -0.3 is 10.8 Å². The number of aromatic carboxylic acids is 1. The first-order chi connectivity index (χ1) is 9.10. The van der Waals surface area contributed by atoms with E-state index < -0.39 is 5.97 Å². The molecule has 2 rings (SSSR count). The molecule has 1 heterocycles. The number of aryl methyl sites for hydroxylation is 3. The van der Waals surface area contributed by atoms with E-state index in [9.17, 15) is 4.79 Å². The third kappa shape index (κ3) is 3.13. The molecule has 0 saturated heterocycles. The third-order valence-corrected chi connectivity index (χ3v) is 3.04. The number of rotatable bonds is 5. The first-order valence-corrected chi connectivity index (χ1v) is 6.24. The molecular weight excluding hydrogens is 242 g/mol. The summed E-state index contributed by atoms with van der Waals surface area (Å²) in [5, 5.41) is 13.2. The highest BCUT2D eigenvalue weighted by Gasteiger charge is 2.05. The number of anilines is 1. The van der Waals surface area contributed by atoms with Crippen molar-refractivity contribution in [2.75, 3.05) is 5.73 Å². The van der Waals surface area contributed by atoms with Crippen molar-refractivity contribution < 1.29 is 9.90 Å². The van der Waals surface area contributed by atoms with Gasteiger partial charge in [0.1, 0.15) is 5.82 Å². The predicted molar refractivity (Wildman–Crippen MR) is 73.1 cm³/mol. The number of benzene rings is 1. The number of carboxylic acid groups (broad SMARTS) is 1. The van der Waals surface area contributed by atoms with Gasteiger partial charge in [-0.05, 0) is 30.5 Å². The lowest BCUT2D eigenvalue weighted by Gasteiger charge is -2.04. The highest BCUT2D eigenvalue weighted by molar-refractivity contribution is 5.87. The standard InChI is InChI=1S/C14H17N3O2/c1-2-12-9-13(15)17(16-12)8-7-10-3-5-11(6-4-10)14(18)19/h3-6,9H,2,7-8,15H2,1H3,(H,18,19). The molecule has 0 amide bonds. The summed E-state index contributed by atoms with van der Waals surface area (Å²) in [6, 6.07) is 8.75. The van der Waals surface area contributed by atoms with Crippen molar-refractivity contribution in [3.63, 3.8) is 0 Å². The fraction of sp³-hybridized carbons (Fsp3) is 0.286. The molecule has 0 bridgehead atoms. The summed E-state index contributed by atoms with van der Waals surface area (Å²) >= 11 is 0. The molecular formula is C14H17N3O2. The molecule has 1 aromatic heterocycles. The highest BCUT2D eigenvalue weighted by atomic mass is 16.4. The van der Waals surface area contributed by atoms with E-state index in [1.165, 1.54) is 0 Å². The van der Waals surface area contributed by atoms with Gasteiger partial charge >= 0.3 is 5.97 Å². The van der Waals surface area contributed by atoms with Gasteiger partial charge in [0, 0.05) is 12.6 Å². The van der Waals surface area contributed by atoms with Crippen LogP contribution >= 0.6 is 0 Å².